The number of rotatable bonds is 5. The summed E-state index contributed by atoms with van der Waals surface area (Å²) in [5, 5.41) is 3.64. The molecule has 0 aromatic carbocycles. The average Bonchev–Trinajstić information content (AvgIpc) is 2.84. The molecular weight excluding hydrogens is 210 g/mol. The van der Waals surface area contributed by atoms with Crippen LogP contribution in [0.15, 0.2) is 24.5 Å². The first kappa shape index (κ1) is 12.5. The summed E-state index contributed by atoms with van der Waals surface area (Å²) in [7, 11) is 0. The molecule has 1 aliphatic rings. The highest BCUT2D eigenvalue weighted by molar-refractivity contribution is 5.13. The van der Waals surface area contributed by atoms with Crippen molar-refractivity contribution in [3.63, 3.8) is 0 Å². The molecule has 2 rings (SSSR count). The van der Waals surface area contributed by atoms with Gasteiger partial charge in [-0.3, -0.25) is 9.88 Å². The smallest absolute Gasteiger partial charge is 0.0293 e. The molecule has 1 saturated heterocycles. The molecule has 1 fully saturated rings. The maximum Gasteiger partial charge on any atom is 0.0293 e. The van der Waals surface area contributed by atoms with Gasteiger partial charge in [-0.1, -0.05) is 6.92 Å². The van der Waals surface area contributed by atoms with Crippen LogP contribution in [0.5, 0.6) is 0 Å². The summed E-state index contributed by atoms with van der Waals surface area (Å²) >= 11 is 0. The van der Waals surface area contributed by atoms with Crippen molar-refractivity contribution in [3.8, 4) is 0 Å². The second kappa shape index (κ2) is 6.12. The normalized spacial score (nSPS) is 22.8. The van der Waals surface area contributed by atoms with Gasteiger partial charge in [0.05, 0.1) is 0 Å². The second-order valence-electron chi connectivity index (χ2n) is 4.84. The van der Waals surface area contributed by atoms with E-state index in [0.717, 1.165) is 12.6 Å². The summed E-state index contributed by atoms with van der Waals surface area (Å²) in [5.41, 5.74) is 1.32. The van der Waals surface area contributed by atoms with Crippen LogP contribution in [0.2, 0.25) is 0 Å². The number of hydrogen-bond acceptors (Lipinski definition) is 3. The Morgan fingerprint density at radius 2 is 2.24 bits per heavy atom. The van der Waals surface area contributed by atoms with E-state index in [9.17, 15) is 0 Å². The minimum Gasteiger partial charge on any atom is -0.309 e. The van der Waals surface area contributed by atoms with Gasteiger partial charge < -0.3 is 5.32 Å². The molecule has 3 heteroatoms. The van der Waals surface area contributed by atoms with E-state index in [1.807, 2.05) is 12.4 Å². The first-order chi connectivity index (χ1) is 8.31. The summed E-state index contributed by atoms with van der Waals surface area (Å²) in [5.74, 6) is 0. The number of nitrogens with zero attached hydrogens (tertiary/aromatic N) is 2. The molecule has 94 valence electrons. The van der Waals surface area contributed by atoms with Crippen molar-refractivity contribution >= 4 is 0 Å². The standard InChI is InChI=1S/C14H23N3/c1-3-17-10-4-5-14(17)11-16-12(2)13-6-8-15-9-7-13/h6-9,12,14,16H,3-5,10-11H2,1-2H3. The fourth-order valence-corrected chi connectivity index (χ4v) is 2.63. The van der Waals surface area contributed by atoms with Crippen LogP contribution in [-0.4, -0.2) is 35.6 Å². The number of aromatic nitrogens is 1. The molecule has 0 aliphatic carbocycles. The zero-order chi connectivity index (χ0) is 12.1. The van der Waals surface area contributed by atoms with Crippen LogP contribution in [-0.2, 0) is 0 Å². The Labute approximate surface area is 104 Å². The largest absolute Gasteiger partial charge is 0.309 e. The van der Waals surface area contributed by atoms with E-state index in [2.05, 4.69) is 41.2 Å². The summed E-state index contributed by atoms with van der Waals surface area (Å²) in [6.45, 7) is 8.02. The monoisotopic (exact) mass is 233 g/mol. The highest BCUT2D eigenvalue weighted by Gasteiger charge is 2.22. The van der Waals surface area contributed by atoms with E-state index in [1.165, 1.54) is 31.5 Å². The number of hydrogen-bond donors (Lipinski definition) is 1. The molecule has 3 nitrogen and oxygen atoms in total. The topological polar surface area (TPSA) is 28.2 Å². The van der Waals surface area contributed by atoms with Crippen molar-refractivity contribution in [1.29, 1.82) is 0 Å². The van der Waals surface area contributed by atoms with Crippen LogP contribution in [0.3, 0.4) is 0 Å². The summed E-state index contributed by atoms with van der Waals surface area (Å²) in [4.78, 5) is 6.63. The molecule has 17 heavy (non-hydrogen) atoms. The van der Waals surface area contributed by atoms with Crippen LogP contribution in [0, 0.1) is 0 Å². The lowest BCUT2D eigenvalue weighted by Gasteiger charge is -2.25. The molecular formula is C14H23N3. The van der Waals surface area contributed by atoms with Crippen LogP contribution in [0.25, 0.3) is 0 Å². The van der Waals surface area contributed by atoms with E-state index in [1.54, 1.807) is 0 Å². The van der Waals surface area contributed by atoms with E-state index in [-0.39, 0.29) is 0 Å². The van der Waals surface area contributed by atoms with Crippen LogP contribution < -0.4 is 5.32 Å². The molecule has 0 amide bonds. The molecule has 0 saturated carbocycles. The van der Waals surface area contributed by atoms with Crippen LogP contribution >= 0.6 is 0 Å². The fraction of sp³-hybridized carbons (Fsp3) is 0.643. The fourth-order valence-electron chi connectivity index (χ4n) is 2.63. The number of likely N-dealkylation sites (N-methyl/N-ethyl adjacent to an activating group) is 1. The van der Waals surface area contributed by atoms with Gasteiger partial charge >= 0.3 is 0 Å². The van der Waals surface area contributed by atoms with Gasteiger partial charge in [0.15, 0.2) is 0 Å². The third kappa shape index (κ3) is 3.27. The molecule has 0 radical (unpaired) electrons. The Kier molecular flexibility index (Phi) is 4.51. The van der Waals surface area contributed by atoms with Crippen molar-refractivity contribution in [2.24, 2.45) is 0 Å². The Morgan fingerprint density at radius 1 is 1.47 bits per heavy atom. The third-order valence-corrected chi connectivity index (χ3v) is 3.77. The highest BCUT2D eigenvalue weighted by Crippen LogP contribution is 2.17. The predicted octanol–water partition coefficient (Wildman–Crippen LogP) is 2.22. The van der Waals surface area contributed by atoms with Crippen molar-refractivity contribution in [3.05, 3.63) is 30.1 Å². The molecule has 0 spiro atoms. The highest BCUT2D eigenvalue weighted by atomic mass is 15.2. The van der Waals surface area contributed by atoms with E-state index >= 15 is 0 Å². The zero-order valence-electron chi connectivity index (χ0n) is 10.9. The summed E-state index contributed by atoms with van der Waals surface area (Å²) in [6.07, 6.45) is 6.41. The summed E-state index contributed by atoms with van der Waals surface area (Å²) < 4.78 is 0. The molecule has 1 aromatic heterocycles. The number of nitrogens with one attached hydrogen (secondary N) is 1. The number of pyridine rings is 1. The van der Waals surface area contributed by atoms with Gasteiger partial charge in [-0.25, -0.2) is 0 Å². The van der Waals surface area contributed by atoms with Gasteiger partial charge in [0.1, 0.15) is 0 Å². The lowest BCUT2D eigenvalue weighted by molar-refractivity contribution is 0.255. The maximum atomic E-state index is 4.05. The Morgan fingerprint density at radius 3 is 2.94 bits per heavy atom. The first-order valence-electron chi connectivity index (χ1n) is 6.68. The number of likely N-dealkylation sites (tertiary alicyclic amines) is 1. The molecule has 1 aromatic rings. The second-order valence-corrected chi connectivity index (χ2v) is 4.84. The van der Waals surface area contributed by atoms with E-state index in [0.29, 0.717) is 6.04 Å². The Hall–Kier alpha value is -0.930. The summed E-state index contributed by atoms with van der Waals surface area (Å²) in [6, 6.07) is 5.31. The predicted molar refractivity (Wildman–Crippen MR) is 70.9 cm³/mol. The molecule has 2 heterocycles. The van der Waals surface area contributed by atoms with Gasteiger partial charge in [0.2, 0.25) is 0 Å². The lowest BCUT2D eigenvalue weighted by atomic mass is 10.1. The SMILES string of the molecule is CCN1CCCC1CNC(C)c1ccncc1. The molecule has 2 unspecified atom stereocenters. The van der Waals surface area contributed by atoms with Gasteiger partial charge in [-0.15, -0.1) is 0 Å². The molecule has 1 N–H and O–H groups in total. The first-order valence-corrected chi connectivity index (χ1v) is 6.68. The Balaban J connectivity index is 1.82. The zero-order valence-corrected chi connectivity index (χ0v) is 10.9. The molecule has 0 bridgehead atoms. The van der Waals surface area contributed by atoms with Gasteiger partial charge in [-0.2, -0.15) is 0 Å². The van der Waals surface area contributed by atoms with Gasteiger partial charge in [-0.05, 0) is 50.6 Å². The van der Waals surface area contributed by atoms with E-state index in [4.69, 9.17) is 0 Å². The van der Waals surface area contributed by atoms with Crippen molar-refractivity contribution in [2.45, 2.75) is 38.8 Å². The van der Waals surface area contributed by atoms with E-state index < -0.39 is 0 Å². The average molecular weight is 233 g/mol. The quantitative estimate of drug-likeness (QED) is 0.845. The minimum atomic E-state index is 0.414. The maximum absolute atomic E-state index is 4.05. The van der Waals surface area contributed by atoms with Crippen LogP contribution in [0.1, 0.15) is 38.3 Å². The van der Waals surface area contributed by atoms with Gasteiger partial charge in [0, 0.05) is 31.0 Å². The Bertz CT molecular complexity index is 325. The molecule has 1 aliphatic heterocycles. The van der Waals surface area contributed by atoms with Crippen molar-refractivity contribution < 1.29 is 0 Å². The molecule has 2 atom stereocenters. The van der Waals surface area contributed by atoms with Crippen molar-refractivity contribution in [1.82, 2.24) is 15.2 Å². The van der Waals surface area contributed by atoms with Crippen LogP contribution in [0.4, 0.5) is 0 Å². The minimum absolute atomic E-state index is 0.414. The lowest BCUT2D eigenvalue weighted by Crippen LogP contribution is -2.38. The van der Waals surface area contributed by atoms with Crippen molar-refractivity contribution in [2.75, 3.05) is 19.6 Å². The third-order valence-electron chi connectivity index (χ3n) is 3.77. The van der Waals surface area contributed by atoms with Gasteiger partial charge in [0.25, 0.3) is 0 Å².